The van der Waals surface area contributed by atoms with Gasteiger partial charge < -0.3 is 24.9 Å². The van der Waals surface area contributed by atoms with Gasteiger partial charge >= 0.3 is 6.61 Å². The second-order valence-corrected chi connectivity index (χ2v) is 6.55. The second kappa shape index (κ2) is 13.0. The van der Waals surface area contributed by atoms with E-state index >= 15 is 0 Å². The molecular weight excluding hydrogens is 533 g/mol. The Morgan fingerprint density at radius 3 is 2.50 bits per heavy atom. The Hall–Kier alpha value is -2.73. The van der Waals surface area contributed by atoms with Crippen LogP contribution in [0.25, 0.3) is 11.5 Å². The highest BCUT2D eigenvalue weighted by atomic mass is 127. The van der Waals surface area contributed by atoms with Crippen molar-refractivity contribution in [2.75, 3.05) is 13.1 Å². The minimum Gasteiger partial charge on any atom is -0.444 e. The number of nitrogens with one attached hydrogen (secondary N) is 2. The average molecular weight is 558 g/mol. The number of halogens is 3. The zero-order chi connectivity index (χ0) is 22.1. The number of oxazole rings is 1. The van der Waals surface area contributed by atoms with E-state index in [1.54, 1.807) is 6.26 Å². The number of alkyl halides is 2. The summed E-state index contributed by atoms with van der Waals surface area (Å²) in [6, 6.07) is 15.4. The summed E-state index contributed by atoms with van der Waals surface area (Å²) >= 11 is 0. The number of hydrogen-bond donors (Lipinski definition) is 3. The van der Waals surface area contributed by atoms with E-state index in [-0.39, 0.29) is 36.3 Å². The first-order chi connectivity index (χ1) is 15.0. The Kier molecular flexibility index (Phi) is 10.3. The highest BCUT2D eigenvalue weighted by molar-refractivity contribution is 14.0. The minimum atomic E-state index is -2.88. The predicted molar refractivity (Wildman–Crippen MR) is 128 cm³/mol. The van der Waals surface area contributed by atoms with Gasteiger partial charge in [0.1, 0.15) is 17.7 Å². The van der Waals surface area contributed by atoms with Crippen LogP contribution in [0.5, 0.6) is 5.75 Å². The minimum absolute atomic E-state index is 0. The van der Waals surface area contributed by atoms with Gasteiger partial charge in [-0.1, -0.05) is 30.3 Å². The van der Waals surface area contributed by atoms with Crippen molar-refractivity contribution in [2.45, 2.75) is 26.2 Å². The van der Waals surface area contributed by atoms with Gasteiger partial charge in [0.15, 0.2) is 5.96 Å². The van der Waals surface area contributed by atoms with Gasteiger partial charge in [0.05, 0.1) is 12.6 Å². The van der Waals surface area contributed by atoms with Crippen LogP contribution < -0.4 is 15.4 Å². The van der Waals surface area contributed by atoms with Crippen LogP contribution in [-0.4, -0.2) is 35.8 Å². The van der Waals surface area contributed by atoms with Crippen molar-refractivity contribution in [1.82, 2.24) is 15.6 Å². The first-order valence-electron chi connectivity index (χ1n) is 9.80. The quantitative estimate of drug-likeness (QED) is 0.206. The number of aliphatic imine (C=N–C) groups is 1. The number of hydrogen-bond acceptors (Lipinski definition) is 5. The Morgan fingerprint density at radius 1 is 1.12 bits per heavy atom. The molecule has 0 bridgehead atoms. The van der Waals surface area contributed by atoms with Gasteiger partial charge in [-0.15, -0.1) is 24.0 Å². The van der Waals surface area contributed by atoms with Crippen LogP contribution in [0, 0.1) is 0 Å². The number of benzene rings is 2. The van der Waals surface area contributed by atoms with Crippen LogP contribution in [0.2, 0.25) is 0 Å². The molecule has 0 aliphatic heterocycles. The summed E-state index contributed by atoms with van der Waals surface area (Å²) in [7, 11) is 0. The zero-order valence-electron chi connectivity index (χ0n) is 17.4. The van der Waals surface area contributed by atoms with E-state index in [9.17, 15) is 13.9 Å². The first-order valence-corrected chi connectivity index (χ1v) is 9.80. The largest absolute Gasteiger partial charge is 0.444 e. The predicted octanol–water partition coefficient (Wildman–Crippen LogP) is 4.35. The summed E-state index contributed by atoms with van der Waals surface area (Å²) in [5, 5.41) is 16.5. The van der Waals surface area contributed by atoms with E-state index in [2.05, 4.69) is 25.3 Å². The number of aliphatic hydroxyl groups excluding tert-OH is 1. The summed E-state index contributed by atoms with van der Waals surface area (Å²) in [5.41, 5.74) is 2.12. The molecule has 0 fully saturated rings. The lowest BCUT2D eigenvalue weighted by Gasteiger charge is -2.16. The molecule has 3 N–H and O–H groups in total. The number of ether oxygens (including phenoxy) is 1. The molecule has 0 aliphatic rings. The molecule has 1 heterocycles. The molecule has 0 spiro atoms. The van der Waals surface area contributed by atoms with E-state index < -0.39 is 12.7 Å². The molecule has 0 saturated carbocycles. The Morgan fingerprint density at radius 2 is 1.84 bits per heavy atom. The van der Waals surface area contributed by atoms with E-state index in [4.69, 9.17) is 4.42 Å². The van der Waals surface area contributed by atoms with E-state index in [1.807, 2.05) is 37.3 Å². The van der Waals surface area contributed by atoms with Crippen molar-refractivity contribution >= 4 is 29.9 Å². The fourth-order valence-electron chi connectivity index (χ4n) is 2.78. The molecule has 3 aromatic rings. The second-order valence-electron chi connectivity index (χ2n) is 6.55. The lowest BCUT2D eigenvalue weighted by molar-refractivity contribution is -0.0498. The van der Waals surface area contributed by atoms with Gasteiger partial charge in [0, 0.05) is 18.7 Å². The normalized spacial score (nSPS) is 12.2. The Labute approximate surface area is 201 Å². The summed E-state index contributed by atoms with van der Waals surface area (Å²) in [6.45, 7) is 0.148. The monoisotopic (exact) mass is 558 g/mol. The molecule has 1 atom stereocenters. The first kappa shape index (κ1) is 25.5. The van der Waals surface area contributed by atoms with Gasteiger partial charge in [-0.05, 0) is 36.8 Å². The molecule has 1 unspecified atom stereocenters. The van der Waals surface area contributed by atoms with Crippen molar-refractivity contribution < 1.29 is 23.0 Å². The van der Waals surface area contributed by atoms with Crippen molar-refractivity contribution in [3.8, 4) is 17.2 Å². The molecule has 0 amide bonds. The van der Waals surface area contributed by atoms with Gasteiger partial charge in [-0.25, -0.2) is 9.98 Å². The Balaban J connectivity index is 0.00000363. The van der Waals surface area contributed by atoms with Gasteiger partial charge in [0.25, 0.3) is 0 Å². The number of rotatable bonds is 9. The number of guanidine groups is 1. The average Bonchev–Trinajstić information content (AvgIpc) is 3.25. The third kappa shape index (κ3) is 7.75. The van der Waals surface area contributed by atoms with Gasteiger partial charge in [0.2, 0.25) is 5.89 Å². The molecule has 3 rings (SSSR count). The van der Waals surface area contributed by atoms with E-state index in [0.717, 1.165) is 5.56 Å². The number of nitrogens with zero attached hydrogens (tertiary/aromatic N) is 2. The molecule has 2 aromatic carbocycles. The van der Waals surface area contributed by atoms with Crippen LogP contribution in [0.15, 0.2) is 70.3 Å². The third-order valence-electron chi connectivity index (χ3n) is 4.27. The zero-order valence-corrected chi connectivity index (χ0v) is 19.7. The van der Waals surface area contributed by atoms with Gasteiger partial charge in [-0.2, -0.15) is 8.78 Å². The molecule has 1 aromatic heterocycles. The fraction of sp³-hybridized carbons (Fsp3) is 0.273. The highest BCUT2D eigenvalue weighted by Gasteiger charge is 2.11. The molecule has 10 heteroatoms. The van der Waals surface area contributed by atoms with Crippen LogP contribution in [0.3, 0.4) is 0 Å². The van der Waals surface area contributed by atoms with Crippen molar-refractivity contribution in [3.63, 3.8) is 0 Å². The smallest absolute Gasteiger partial charge is 0.387 e. The number of aromatic nitrogens is 1. The summed E-state index contributed by atoms with van der Waals surface area (Å²) in [6.07, 6.45) is 0.703. The fourth-order valence-corrected chi connectivity index (χ4v) is 2.78. The van der Waals surface area contributed by atoms with Crippen LogP contribution in [0.1, 0.15) is 24.3 Å². The maximum atomic E-state index is 12.2. The van der Waals surface area contributed by atoms with E-state index in [0.29, 0.717) is 36.2 Å². The maximum Gasteiger partial charge on any atom is 0.387 e. The molecule has 7 nitrogen and oxygen atoms in total. The van der Waals surface area contributed by atoms with E-state index in [1.165, 1.54) is 24.3 Å². The standard InChI is InChI=1S/C22H24F2N4O3.HI/c1-2-25-22(26-12-17-14-30-20(28-17)16-6-4-3-5-7-16)27-13-19(29)15-8-10-18(11-9-15)31-21(23)24;/h3-11,14,19,21,29H,2,12-13H2,1H3,(H2,25,26,27);1H. The third-order valence-corrected chi connectivity index (χ3v) is 4.27. The Bertz CT molecular complexity index is 969. The molecule has 0 aliphatic carbocycles. The van der Waals surface area contributed by atoms with Crippen LogP contribution >= 0.6 is 24.0 Å². The van der Waals surface area contributed by atoms with Crippen molar-refractivity contribution in [2.24, 2.45) is 4.99 Å². The lowest BCUT2D eigenvalue weighted by Crippen LogP contribution is -2.39. The summed E-state index contributed by atoms with van der Waals surface area (Å²) < 4.78 is 34.3. The molecule has 32 heavy (non-hydrogen) atoms. The lowest BCUT2D eigenvalue weighted by atomic mass is 10.1. The maximum absolute atomic E-state index is 12.2. The van der Waals surface area contributed by atoms with Crippen LogP contribution in [-0.2, 0) is 6.54 Å². The summed E-state index contributed by atoms with van der Waals surface area (Å²) in [4.78, 5) is 8.90. The molecule has 172 valence electrons. The van der Waals surface area contributed by atoms with Crippen LogP contribution in [0.4, 0.5) is 8.78 Å². The highest BCUT2D eigenvalue weighted by Crippen LogP contribution is 2.19. The SMILES string of the molecule is CCNC(=NCc1coc(-c2ccccc2)n1)NCC(O)c1ccc(OC(F)F)cc1.I. The molecule has 0 saturated heterocycles. The van der Waals surface area contributed by atoms with Crippen molar-refractivity contribution in [3.05, 3.63) is 72.1 Å². The van der Waals surface area contributed by atoms with Crippen molar-refractivity contribution in [1.29, 1.82) is 0 Å². The number of aliphatic hydroxyl groups is 1. The molecular formula is C22H25F2IN4O3. The topological polar surface area (TPSA) is 91.9 Å². The summed E-state index contributed by atoms with van der Waals surface area (Å²) in [5.74, 6) is 1.07. The van der Waals surface area contributed by atoms with Gasteiger partial charge in [-0.3, -0.25) is 0 Å². The molecule has 0 radical (unpaired) electrons.